The third-order valence-electron chi connectivity index (χ3n) is 5.90. The summed E-state index contributed by atoms with van der Waals surface area (Å²) in [6, 6.07) is 14.5. The zero-order valence-electron chi connectivity index (χ0n) is 16.4. The Morgan fingerprint density at radius 2 is 1.93 bits per heavy atom. The van der Waals surface area contributed by atoms with Crippen molar-refractivity contribution in [2.75, 3.05) is 32.8 Å². The number of para-hydroxylation sites is 1. The molecule has 3 heterocycles. The molecule has 1 amide bonds. The maximum atomic E-state index is 12.6. The highest BCUT2D eigenvalue weighted by molar-refractivity contribution is 5.78. The number of hydrogen-bond acceptors (Lipinski definition) is 5. The molecule has 0 bridgehead atoms. The number of carbonyl (C=O) groups excluding carboxylic acids is 1. The van der Waals surface area contributed by atoms with Crippen molar-refractivity contribution in [2.24, 2.45) is 0 Å². The van der Waals surface area contributed by atoms with Crippen LogP contribution in [-0.2, 0) is 11.2 Å². The zero-order valence-corrected chi connectivity index (χ0v) is 16.4. The van der Waals surface area contributed by atoms with E-state index in [-0.39, 0.29) is 18.1 Å². The standard InChI is InChI=1S/C23H26N2O4/c26-23(24-14-18-12-17-4-1-2-6-20(17)29-18)15-25-9-3-5-19(25)16-7-8-21-22(13-16)28-11-10-27-21/h1-2,4,6-8,13,18-19H,3,5,9-12,14-15H2,(H,24,26). The molecule has 6 nitrogen and oxygen atoms in total. The Balaban J connectivity index is 1.16. The summed E-state index contributed by atoms with van der Waals surface area (Å²) in [5.74, 6) is 2.60. The first-order chi connectivity index (χ1) is 14.3. The predicted molar refractivity (Wildman–Crippen MR) is 109 cm³/mol. The summed E-state index contributed by atoms with van der Waals surface area (Å²) >= 11 is 0. The lowest BCUT2D eigenvalue weighted by Gasteiger charge is -2.26. The van der Waals surface area contributed by atoms with E-state index in [1.165, 1.54) is 11.1 Å². The molecule has 29 heavy (non-hydrogen) atoms. The fraction of sp³-hybridized carbons (Fsp3) is 0.435. The van der Waals surface area contributed by atoms with Crippen molar-refractivity contribution in [2.45, 2.75) is 31.4 Å². The maximum Gasteiger partial charge on any atom is 0.234 e. The molecule has 0 aliphatic carbocycles. The van der Waals surface area contributed by atoms with E-state index in [2.05, 4.69) is 28.4 Å². The second-order valence-electron chi connectivity index (χ2n) is 7.89. The third kappa shape index (κ3) is 3.90. The minimum atomic E-state index is 0.0171. The van der Waals surface area contributed by atoms with Gasteiger partial charge in [-0.1, -0.05) is 24.3 Å². The Labute approximate surface area is 170 Å². The van der Waals surface area contributed by atoms with Crippen LogP contribution in [0.4, 0.5) is 0 Å². The summed E-state index contributed by atoms with van der Waals surface area (Å²) in [6.45, 7) is 3.05. The smallest absolute Gasteiger partial charge is 0.234 e. The van der Waals surface area contributed by atoms with Gasteiger partial charge in [0.2, 0.25) is 5.91 Å². The molecule has 0 radical (unpaired) electrons. The van der Waals surface area contributed by atoms with Gasteiger partial charge in [0.1, 0.15) is 25.1 Å². The van der Waals surface area contributed by atoms with Crippen LogP contribution in [0.15, 0.2) is 42.5 Å². The van der Waals surface area contributed by atoms with Gasteiger partial charge in [-0.05, 0) is 48.7 Å². The fourth-order valence-corrected chi connectivity index (χ4v) is 4.50. The van der Waals surface area contributed by atoms with Crippen molar-refractivity contribution in [1.82, 2.24) is 10.2 Å². The molecule has 0 saturated carbocycles. The van der Waals surface area contributed by atoms with Crippen LogP contribution in [0, 0.1) is 0 Å². The van der Waals surface area contributed by atoms with Gasteiger partial charge in [-0.15, -0.1) is 0 Å². The molecule has 1 N–H and O–H groups in total. The minimum Gasteiger partial charge on any atom is -0.488 e. The molecule has 1 saturated heterocycles. The summed E-state index contributed by atoms with van der Waals surface area (Å²) < 4.78 is 17.3. The molecule has 3 aliphatic heterocycles. The van der Waals surface area contributed by atoms with Crippen LogP contribution in [0.3, 0.4) is 0 Å². The van der Waals surface area contributed by atoms with Gasteiger partial charge in [0.25, 0.3) is 0 Å². The van der Waals surface area contributed by atoms with Crippen LogP contribution in [0.5, 0.6) is 17.2 Å². The van der Waals surface area contributed by atoms with E-state index in [0.717, 1.165) is 43.1 Å². The van der Waals surface area contributed by atoms with Crippen LogP contribution < -0.4 is 19.5 Å². The lowest BCUT2D eigenvalue weighted by molar-refractivity contribution is -0.122. The van der Waals surface area contributed by atoms with Crippen molar-refractivity contribution in [1.29, 1.82) is 0 Å². The minimum absolute atomic E-state index is 0.0171. The Bertz CT molecular complexity index is 875. The average Bonchev–Trinajstić information content (AvgIpc) is 3.38. The van der Waals surface area contributed by atoms with E-state index in [1.54, 1.807) is 0 Å². The number of ether oxygens (including phenoxy) is 3. The van der Waals surface area contributed by atoms with Gasteiger partial charge in [0.05, 0.1) is 13.1 Å². The lowest BCUT2D eigenvalue weighted by Crippen LogP contribution is -2.41. The van der Waals surface area contributed by atoms with E-state index in [0.29, 0.717) is 26.3 Å². The number of likely N-dealkylation sites (tertiary alicyclic amines) is 1. The van der Waals surface area contributed by atoms with Crippen LogP contribution >= 0.6 is 0 Å². The van der Waals surface area contributed by atoms with E-state index in [1.807, 2.05) is 24.3 Å². The number of fused-ring (bicyclic) bond motifs is 2. The van der Waals surface area contributed by atoms with Crippen molar-refractivity contribution in [3.8, 4) is 17.2 Å². The molecule has 5 rings (SSSR count). The van der Waals surface area contributed by atoms with Crippen molar-refractivity contribution in [3.63, 3.8) is 0 Å². The van der Waals surface area contributed by atoms with Crippen molar-refractivity contribution >= 4 is 5.91 Å². The molecule has 2 atom stereocenters. The highest BCUT2D eigenvalue weighted by atomic mass is 16.6. The molecular formula is C23H26N2O4. The molecule has 6 heteroatoms. The average molecular weight is 394 g/mol. The SMILES string of the molecule is O=C(CN1CCCC1c1ccc2c(c1)OCCO2)NCC1Cc2ccccc2O1. The molecule has 2 aromatic carbocycles. The molecular weight excluding hydrogens is 368 g/mol. The van der Waals surface area contributed by atoms with Crippen molar-refractivity contribution < 1.29 is 19.0 Å². The second-order valence-corrected chi connectivity index (χ2v) is 7.89. The molecule has 0 aromatic heterocycles. The van der Waals surface area contributed by atoms with Gasteiger partial charge in [-0.3, -0.25) is 9.69 Å². The Morgan fingerprint density at radius 3 is 2.83 bits per heavy atom. The maximum absolute atomic E-state index is 12.6. The largest absolute Gasteiger partial charge is 0.488 e. The quantitative estimate of drug-likeness (QED) is 0.845. The highest BCUT2D eigenvalue weighted by Crippen LogP contribution is 2.37. The third-order valence-corrected chi connectivity index (χ3v) is 5.90. The number of rotatable bonds is 5. The number of amides is 1. The summed E-state index contributed by atoms with van der Waals surface area (Å²) in [5.41, 5.74) is 2.40. The van der Waals surface area contributed by atoms with Gasteiger partial charge < -0.3 is 19.5 Å². The van der Waals surface area contributed by atoms with Crippen molar-refractivity contribution in [3.05, 3.63) is 53.6 Å². The van der Waals surface area contributed by atoms with E-state index in [9.17, 15) is 4.79 Å². The monoisotopic (exact) mass is 394 g/mol. The number of nitrogens with zero attached hydrogens (tertiary/aromatic N) is 1. The summed E-state index contributed by atoms with van der Waals surface area (Å²) in [6.07, 6.45) is 3.00. The zero-order chi connectivity index (χ0) is 19.6. The van der Waals surface area contributed by atoms with Crippen LogP contribution in [0.2, 0.25) is 0 Å². The van der Waals surface area contributed by atoms with Gasteiger partial charge in [0.15, 0.2) is 11.5 Å². The second kappa shape index (κ2) is 7.95. The van der Waals surface area contributed by atoms with Crippen LogP contribution in [0.25, 0.3) is 0 Å². The summed E-state index contributed by atoms with van der Waals surface area (Å²) in [4.78, 5) is 14.8. The van der Waals surface area contributed by atoms with Gasteiger partial charge in [-0.25, -0.2) is 0 Å². The van der Waals surface area contributed by atoms with Crippen LogP contribution in [0.1, 0.15) is 30.0 Å². The normalized spacial score (nSPS) is 22.8. The number of benzene rings is 2. The molecule has 1 fully saturated rings. The van der Waals surface area contributed by atoms with E-state index in [4.69, 9.17) is 14.2 Å². The molecule has 2 aromatic rings. The summed E-state index contributed by atoms with van der Waals surface area (Å²) in [5, 5.41) is 3.06. The van der Waals surface area contributed by atoms with Crippen LogP contribution in [-0.4, -0.2) is 49.8 Å². The number of carbonyl (C=O) groups is 1. The van der Waals surface area contributed by atoms with Gasteiger partial charge in [0, 0.05) is 12.5 Å². The molecule has 2 unspecified atom stereocenters. The molecule has 0 spiro atoms. The van der Waals surface area contributed by atoms with E-state index < -0.39 is 0 Å². The number of nitrogens with one attached hydrogen (secondary N) is 1. The molecule has 152 valence electrons. The fourth-order valence-electron chi connectivity index (χ4n) is 4.50. The van der Waals surface area contributed by atoms with Gasteiger partial charge >= 0.3 is 0 Å². The number of hydrogen-bond donors (Lipinski definition) is 1. The molecule has 3 aliphatic rings. The Kier molecular flexibility index (Phi) is 5.02. The van der Waals surface area contributed by atoms with E-state index >= 15 is 0 Å². The lowest BCUT2D eigenvalue weighted by atomic mass is 10.0. The van der Waals surface area contributed by atoms with Gasteiger partial charge in [-0.2, -0.15) is 0 Å². The summed E-state index contributed by atoms with van der Waals surface area (Å²) in [7, 11) is 0. The first-order valence-corrected chi connectivity index (χ1v) is 10.4. The first-order valence-electron chi connectivity index (χ1n) is 10.4. The highest BCUT2D eigenvalue weighted by Gasteiger charge is 2.29. The topological polar surface area (TPSA) is 60.0 Å². The predicted octanol–water partition coefficient (Wildman–Crippen LogP) is 2.71. The first kappa shape index (κ1) is 18.3. The Hall–Kier alpha value is -2.73. The Morgan fingerprint density at radius 1 is 1.07 bits per heavy atom.